The Bertz CT molecular complexity index is 336. The lowest BCUT2D eigenvalue weighted by atomic mass is 10.5. The number of H-pyrrole nitrogens is 1. The molecule has 0 atom stereocenters. The first-order valence-electron chi connectivity index (χ1n) is 4.17. The number of alkyl halides is 2. The van der Waals surface area contributed by atoms with Crippen LogP contribution in [0, 0.1) is 4.77 Å². The zero-order valence-corrected chi connectivity index (χ0v) is 8.48. The fraction of sp³-hybridized carbons (Fsp3) is 0.714. The maximum absolute atomic E-state index is 12.4. The Kier molecular flexibility index (Phi) is 4.15. The number of rotatable bonds is 5. The molecule has 1 rings (SSSR count). The van der Waals surface area contributed by atoms with Crippen LogP contribution in [-0.4, -0.2) is 28.0 Å². The molecule has 1 N–H and O–H groups in total. The van der Waals surface area contributed by atoms with E-state index in [2.05, 4.69) is 10.2 Å². The van der Waals surface area contributed by atoms with Crippen molar-refractivity contribution in [3.05, 3.63) is 10.6 Å². The first-order chi connectivity index (χ1) is 6.66. The maximum atomic E-state index is 12.4. The Labute approximate surface area is 84.9 Å². The van der Waals surface area contributed by atoms with E-state index in [0.717, 1.165) is 0 Å². The fourth-order valence-electron chi connectivity index (χ4n) is 1.01. The normalized spacial score (nSPS) is 11.1. The lowest BCUT2D eigenvalue weighted by molar-refractivity contribution is 0.118. The second-order valence-electron chi connectivity index (χ2n) is 2.54. The number of ether oxygens (including phenoxy) is 1. The minimum Gasteiger partial charge on any atom is -0.380 e. The van der Waals surface area contributed by atoms with Crippen LogP contribution in [0.15, 0.2) is 0 Å². The van der Waals surface area contributed by atoms with Gasteiger partial charge < -0.3 is 4.74 Å². The molecule has 0 radical (unpaired) electrons. The summed E-state index contributed by atoms with van der Waals surface area (Å²) in [6.45, 7) is 3.03. The highest BCUT2D eigenvalue weighted by Gasteiger charge is 2.15. The Morgan fingerprint density at radius 2 is 2.36 bits per heavy atom. The zero-order valence-electron chi connectivity index (χ0n) is 7.67. The van der Waals surface area contributed by atoms with Gasteiger partial charge in [0.2, 0.25) is 0 Å². The topological polar surface area (TPSA) is 42.8 Å². The van der Waals surface area contributed by atoms with Gasteiger partial charge in [-0.15, -0.1) is 0 Å². The highest BCUT2D eigenvalue weighted by molar-refractivity contribution is 7.71. The van der Waals surface area contributed by atoms with Crippen LogP contribution in [0.3, 0.4) is 0 Å². The monoisotopic (exact) mass is 223 g/mol. The van der Waals surface area contributed by atoms with Gasteiger partial charge in [-0.1, -0.05) is 0 Å². The highest BCUT2D eigenvalue weighted by Crippen LogP contribution is 2.15. The summed E-state index contributed by atoms with van der Waals surface area (Å²) in [5.41, 5.74) is 0. The van der Waals surface area contributed by atoms with Crippen LogP contribution in [0.2, 0.25) is 0 Å². The van der Waals surface area contributed by atoms with E-state index in [4.69, 9.17) is 17.0 Å². The molecular weight excluding hydrogens is 212 g/mol. The first kappa shape index (κ1) is 11.3. The van der Waals surface area contributed by atoms with E-state index >= 15 is 0 Å². The molecule has 14 heavy (non-hydrogen) atoms. The van der Waals surface area contributed by atoms with Crippen molar-refractivity contribution >= 4 is 12.2 Å². The lowest BCUT2D eigenvalue weighted by Crippen LogP contribution is -2.09. The minimum atomic E-state index is -2.62. The van der Waals surface area contributed by atoms with Crippen molar-refractivity contribution in [2.45, 2.75) is 19.9 Å². The second-order valence-corrected chi connectivity index (χ2v) is 2.92. The first-order valence-corrected chi connectivity index (χ1v) is 4.58. The SMILES string of the molecule is CCOCCn1c(C(F)F)n[nH]c1=S. The van der Waals surface area contributed by atoms with Gasteiger partial charge in [0.25, 0.3) is 6.43 Å². The average molecular weight is 223 g/mol. The molecule has 0 saturated heterocycles. The average Bonchev–Trinajstić information content (AvgIpc) is 2.48. The zero-order chi connectivity index (χ0) is 10.6. The molecule has 1 aromatic rings. The van der Waals surface area contributed by atoms with E-state index in [1.54, 1.807) is 0 Å². The molecule has 1 heterocycles. The quantitative estimate of drug-likeness (QED) is 0.612. The van der Waals surface area contributed by atoms with Gasteiger partial charge in [-0.05, 0) is 19.1 Å². The summed E-state index contributed by atoms with van der Waals surface area (Å²) in [6, 6.07) is 0. The fourth-order valence-corrected chi connectivity index (χ4v) is 1.24. The van der Waals surface area contributed by atoms with Crippen molar-refractivity contribution in [3.8, 4) is 0 Å². The molecule has 0 aliphatic carbocycles. The smallest absolute Gasteiger partial charge is 0.297 e. The third kappa shape index (κ3) is 2.58. The molecular formula is C7H11F2N3OS. The van der Waals surface area contributed by atoms with Gasteiger partial charge in [-0.25, -0.2) is 8.78 Å². The van der Waals surface area contributed by atoms with Crippen molar-refractivity contribution in [3.63, 3.8) is 0 Å². The van der Waals surface area contributed by atoms with Gasteiger partial charge in [0.1, 0.15) is 0 Å². The molecule has 0 fully saturated rings. The van der Waals surface area contributed by atoms with E-state index in [1.165, 1.54) is 4.57 Å². The molecule has 4 nitrogen and oxygen atoms in total. The van der Waals surface area contributed by atoms with Crippen LogP contribution in [0.4, 0.5) is 8.78 Å². The Balaban J connectivity index is 2.73. The number of aromatic nitrogens is 3. The molecule has 0 unspecified atom stereocenters. The molecule has 0 aliphatic rings. The summed E-state index contributed by atoms with van der Waals surface area (Å²) < 4.78 is 31.2. The molecule has 7 heteroatoms. The van der Waals surface area contributed by atoms with Crippen LogP contribution < -0.4 is 0 Å². The van der Waals surface area contributed by atoms with E-state index in [-0.39, 0.29) is 10.6 Å². The number of halogens is 2. The summed E-state index contributed by atoms with van der Waals surface area (Å²) >= 11 is 4.80. The number of aromatic amines is 1. The Morgan fingerprint density at radius 1 is 1.64 bits per heavy atom. The summed E-state index contributed by atoms with van der Waals surface area (Å²) in [4.78, 5) is 0. The van der Waals surface area contributed by atoms with Gasteiger partial charge in [0.15, 0.2) is 10.6 Å². The van der Waals surface area contributed by atoms with Crippen molar-refractivity contribution in [1.82, 2.24) is 14.8 Å². The molecule has 0 bridgehead atoms. The summed E-state index contributed by atoms with van der Waals surface area (Å²) in [6.07, 6.45) is -2.62. The Morgan fingerprint density at radius 3 is 2.93 bits per heavy atom. The molecule has 0 spiro atoms. The number of nitrogens with one attached hydrogen (secondary N) is 1. The predicted molar refractivity (Wildman–Crippen MR) is 48.9 cm³/mol. The molecule has 0 amide bonds. The highest BCUT2D eigenvalue weighted by atomic mass is 32.1. The van der Waals surface area contributed by atoms with Crippen LogP contribution in [0.5, 0.6) is 0 Å². The van der Waals surface area contributed by atoms with Crippen LogP contribution in [-0.2, 0) is 11.3 Å². The summed E-state index contributed by atoms with van der Waals surface area (Å²) in [5, 5.41) is 5.76. The summed E-state index contributed by atoms with van der Waals surface area (Å²) in [5.74, 6) is -0.338. The van der Waals surface area contributed by atoms with Crippen molar-refractivity contribution in [2.24, 2.45) is 0 Å². The van der Waals surface area contributed by atoms with Gasteiger partial charge in [0, 0.05) is 6.61 Å². The van der Waals surface area contributed by atoms with E-state index in [9.17, 15) is 8.78 Å². The van der Waals surface area contributed by atoms with E-state index in [1.807, 2.05) is 6.92 Å². The third-order valence-electron chi connectivity index (χ3n) is 1.65. The standard InChI is InChI=1S/C7H11F2N3OS/c1-2-13-4-3-12-6(5(8)9)10-11-7(12)14/h5H,2-4H2,1H3,(H,11,14). The van der Waals surface area contributed by atoms with Gasteiger partial charge in [-0.3, -0.25) is 9.67 Å². The molecule has 0 aliphatic heterocycles. The molecule has 1 aromatic heterocycles. The van der Waals surface area contributed by atoms with Crippen molar-refractivity contribution < 1.29 is 13.5 Å². The Hall–Kier alpha value is -0.820. The number of nitrogens with zero attached hydrogens (tertiary/aromatic N) is 2. The van der Waals surface area contributed by atoms with E-state index < -0.39 is 6.43 Å². The van der Waals surface area contributed by atoms with Crippen LogP contribution >= 0.6 is 12.2 Å². The number of hydrogen-bond acceptors (Lipinski definition) is 3. The lowest BCUT2D eigenvalue weighted by Gasteiger charge is -2.05. The maximum Gasteiger partial charge on any atom is 0.297 e. The predicted octanol–water partition coefficient (Wildman–Crippen LogP) is 1.91. The van der Waals surface area contributed by atoms with Crippen molar-refractivity contribution in [2.75, 3.05) is 13.2 Å². The van der Waals surface area contributed by atoms with Crippen LogP contribution in [0.1, 0.15) is 19.2 Å². The van der Waals surface area contributed by atoms with Gasteiger partial charge in [-0.2, -0.15) is 5.10 Å². The largest absolute Gasteiger partial charge is 0.380 e. The van der Waals surface area contributed by atoms with Gasteiger partial charge in [0.05, 0.1) is 13.2 Å². The molecule has 0 saturated carbocycles. The van der Waals surface area contributed by atoms with Gasteiger partial charge >= 0.3 is 0 Å². The summed E-state index contributed by atoms with van der Waals surface area (Å²) in [7, 11) is 0. The molecule has 80 valence electrons. The second kappa shape index (κ2) is 5.16. The minimum absolute atomic E-state index is 0.194. The van der Waals surface area contributed by atoms with Crippen LogP contribution in [0.25, 0.3) is 0 Å². The number of hydrogen-bond donors (Lipinski definition) is 1. The van der Waals surface area contributed by atoms with Crippen molar-refractivity contribution in [1.29, 1.82) is 0 Å². The molecule has 0 aromatic carbocycles. The third-order valence-corrected chi connectivity index (χ3v) is 1.96. The van der Waals surface area contributed by atoms with E-state index in [0.29, 0.717) is 19.8 Å².